The molecule has 0 aliphatic rings. The largest absolute Gasteiger partial charge is 0.482 e. The smallest absolute Gasteiger partial charge is 0.344 e. The van der Waals surface area contributed by atoms with Crippen LogP contribution in [0.5, 0.6) is 5.75 Å². The van der Waals surface area contributed by atoms with Crippen LogP contribution in [-0.2, 0) is 16.1 Å². The summed E-state index contributed by atoms with van der Waals surface area (Å²) in [6.07, 6.45) is 0. The monoisotopic (exact) mass is 353 g/mol. The normalized spacial score (nSPS) is 10.5. The topological polar surface area (TPSA) is 48.4 Å². The lowest BCUT2D eigenvalue weighted by molar-refractivity contribution is -0.147. The van der Waals surface area contributed by atoms with Gasteiger partial charge in [-0.15, -0.1) is 11.3 Å². The molecule has 2 aromatic carbocycles. The van der Waals surface area contributed by atoms with E-state index in [1.807, 2.05) is 67.8 Å². The molecule has 0 atom stereocenters. The fourth-order valence-corrected chi connectivity index (χ4v) is 3.19. The summed E-state index contributed by atoms with van der Waals surface area (Å²) in [5, 5.41) is 2.82. The molecule has 1 heterocycles. The number of thiazole rings is 1. The highest BCUT2D eigenvalue weighted by Crippen LogP contribution is 2.23. The average molecular weight is 353 g/mol. The molecule has 3 rings (SSSR count). The molecule has 0 N–H and O–H groups in total. The Labute approximate surface area is 151 Å². The van der Waals surface area contributed by atoms with Crippen molar-refractivity contribution in [2.75, 3.05) is 6.61 Å². The van der Waals surface area contributed by atoms with Gasteiger partial charge in [-0.05, 0) is 25.5 Å². The van der Waals surface area contributed by atoms with Crippen LogP contribution in [0.1, 0.15) is 16.8 Å². The zero-order valence-electron chi connectivity index (χ0n) is 14.2. The van der Waals surface area contributed by atoms with Gasteiger partial charge in [-0.25, -0.2) is 9.78 Å². The van der Waals surface area contributed by atoms with Crippen molar-refractivity contribution in [3.8, 4) is 16.3 Å². The maximum atomic E-state index is 11.9. The third-order valence-corrected chi connectivity index (χ3v) is 4.57. The number of carbonyl (C=O) groups is 1. The Bertz CT molecular complexity index is 858. The molecule has 3 aromatic rings. The molecule has 0 amide bonds. The zero-order valence-corrected chi connectivity index (χ0v) is 15.0. The highest BCUT2D eigenvalue weighted by Gasteiger charge is 2.09. The van der Waals surface area contributed by atoms with E-state index in [9.17, 15) is 4.79 Å². The van der Waals surface area contributed by atoms with Crippen LogP contribution in [0, 0.1) is 13.8 Å². The van der Waals surface area contributed by atoms with Crippen LogP contribution in [0.25, 0.3) is 10.6 Å². The first-order valence-electron chi connectivity index (χ1n) is 7.97. The molecule has 0 saturated heterocycles. The van der Waals surface area contributed by atoms with E-state index in [1.54, 1.807) is 0 Å². The van der Waals surface area contributed by atoms with Gasteiger partial charge in [0.1, 0.15) is 17.4 Å². The van der Waals surface area contributed by atoms with Crippen LogP contribution in [0.4, 0.5) is 0 Å². The molecule has 1 aromatic heterocycles. The molecule has 0 aliphatic heterocycles. The number of aryl methyl sites for hydroxylation is 2. The van der Waals surface area contributed by atoms with Crippen LogP contribution >= 0.6 is 11.3 Å². The number of aromatic nitrogens is 1. The third-order valence-electron chi connectivity index (χ3n) is 3.63. The van der Waals surface area contributed by atoms with Crippen molar-refractivity contribution in [1.82, 2.24) is 4.98 Å². The number of ether oxygens (including phenoxy) is 2. The molecule has 25 heavy (non-hydrogen) atoms. The van der Waals surface area contributed by atoms with Crippen LogP contribution < -0.4 is 4.74 Å². The summed E-state index contributed by atoms with van der Waals surface area (Å²) >= 11 is 1.53. The molecule has 0 radical (unpaired) electrons. The van der Waals surface area contributed by atoms with Crippen LogP contribution in [0.15, 0.2) is 53.9 Å². The molecule has 0 spiro atoms. The van der Waals surface area contributed by atoms with Gasteiger partial charge in [0.15, 0.2) is 6.61 Å². The van der Waals surface area contributed by atoms with Gasteiger partial charge in [-0.3, -0.25) is 0 Å². The number of benzene rings is 2. The summed E-state index contributed by atoms with van der Waals surface area (Å²) in [4.78, 5) is 16.4. The van der Waals surface area contributed by atoms with Crippen molar-refractivity contribution in [1.29, 1.82) is 0 Å². The third kappa shape index (κ3) is 4.67. The van der Waals surface area contributed by atoms with E-state index < -0.39 is 5.97 Å². The Morgan fingerprint density at radius 2 is 1.92 bits per heavy atom. The molecule has 0 aliphatic carbocycles. The number of nitrogens with zero attached hydrogens (tertiary/aromatic N) is 1. The van der Waals surface area contributed by atoms with E-state index in [2.05, 4.69) is 4.98 Å². The van der Waals surface area contributed by atoms with Gasteiger partial charge in [0.2, 0.25) is 0 Å². The summed E-state index contributed by atoms with van der Waals surface area (Å²) in [5.41, 5.74) is 3.96. The first-order valence-corrected chi connectivity index (χ1v) is 8.85. The standard InChI is InChI=1S/C20H19NO3S/c1-14-8-9-18(15(2)10-14)23-12-19(22)24-11-17-13-25-20(21-17)16-6-4-3-5-7-16/h3-10,13H,11-12H2,1-2H3. The van der Waals surface area contributed by atoms with E-state index in [4.69, 9.17) is 9.47 Å². The predicted molar refractivity (Wildman–Crippen MR) is 98.8 cm³/mol. The van der Waals surface area contributed by atoms with Gasteiger partial charge in [0, 0.05) is 10.9 Å². The van der Waals surface area contributed by atoms with Gasteiger partial charge in [0.25, 0.3) is 0 Å². The Morgan fingerprint density at radius 3 is 2.68 bits per heavy atom. The Kier molecular flexibility index (Phi) is 5.46. The van der Waals surface area contributed by atoms with Gasteiger partial charge < -0.3 is 9.47 Å². The Morgan fingerprint density at radius 1 is 1.12 bits per heavy atom. The first-order chi connectivity index (χ1) is 12.1. The van der Waals surface area contributed by atoms with Gasteiger partial charge in [-0.2, -0.15) is 0 Å². The summed E-state index contributed by atoms with van der Waals surface area (Å²) < 4.78 is 10.8. The minimum absolute atomic E-state index is 0.112. The SMILES string of the molecule is Cc1ccc(OCC(=O)OCc2csc(-c3ccccc3)n2)c(C)c1. The average Bonchev–Trinajstić information content (AvgIpc) is 3.09. The van der Waals surface area contributed by atoms with E-state index in [0.717, 1.165) is 27.4 Å². The number of hydrogen-bond donors (Lipinski definition) is 0. The minimum Gasteiger partial charge on any atom is -0.482 e. The van der Waals surface area contributed by atoms with Gasteiger partial charge >= 0.3 is 5.97 Å². The number of rotatable bonds is 6. The fourth-order valence-electron chi connectivity index (χ4n) is 2.38. The van der Waals surface area contributed by atoms with Crippen molar-refractivity contribution in [2.24, 2.45) is 0 Å². The molecule has 4 nitrogen and oxygen atoms in total. The molecule has 0 unspecified atom stereocenters. The maximum absolute atomic E-state index is 11.9. The van der Waals surface area contributed by atoms with Crippen LogP contribution in [-0.4, -0.2) is 17.6 Å². The van der Waals surface area contributed by atoms with Crippen molar-refractivity contribution >= 4 is 17.3 Å². The lowest BCUT2D eigenvalue weighted by Crippen LogP contribution is -2.15. The second kappa shape index (κ2) is 7.94. The summed E-state index contributed by atoms with van der Waals surface area (Å²) in [6, 6.07) is 15.8. The number of hydrogen-bond acceptors (Lipinski definition) is 5. The van der Waals surface area contributed by atoms with Crippen LogP contribution in [0.2, 0.25) is 0 Å². The van der Waals surface area contributed by atoms with E-state index in [1.165, 1.54) is 11.3 Å². The van der Waals surface area contributed by atoms with Gasteiger partial charge in [-0.1, -0.05) is 48.0 Å². The lowest BCUT2D eigenvalue weighted by atomic mass is 10.1. The maximum Gasteiger partial charge on any atom is 0.344 e. The molecule has 0 saturated carbocycles. The fraction of sp³-hybridized carbons (Fsp3) is 0.200. The second-order valence-corrected chi connectivity index (χ2v) is 6.59. The number of carbonyl (C=O) groups excluding carboxylic acids is 1. The van der Waals surface area contributed by atoms with Crippen molar-refractivity contribution in [3.05, 3.63) is 70.7 Å². The predicted octanol–water partition coefficient (Wildman–Crippen LogP) is 4.55. The van der Waals surface area contributed by atoms with Crippen molar-refractivity contribution in [3.63, 3.8) is 0 Å². The summed E-state index contributed by atoms with van der Waals surface area (Å²) in [7, 11) is 0. The van der Waals surface area contributed by atoms with E-state index in [-0.39, 0.29) is 13.2 Å². The van der Waals surface area contributed by atoms with Crippen molar-refractivity contribution in [2.45, 2.75) is 20.5 Å². The quantitative estimate of drug-likeness (QED) is 0.610. The lowest BCUT2D eigenvalue weighted by Gasteiger charge is -2.09. The Balaban J connectivity index is 1.50. The first kappa shape index (κ1) is 17.2. The molecular formula is C20H19NO3S. The summed E-state index contributed by atoms with van der Waals surface area (Å²) in [6.45, 7) is 4.01. The van der Waals surface area contributed by atoms with Crippen molar-refractivity contribution < 1.29 is 14.3 Å². The highest BCUT2D eigenvalue weighted by molar-refractivity contribution is 7.13. The van der Waals surface area contributed by atoms with E-state index in [0.29, 0.717) is 5.75 Å². The molecule has 128 valence electrons. The van der Waals surface area contributed by atoms with Gasteiger partial charge in [0.05, 0.1) is 5.69 Å². The second-order valence-electron chi connectivity index (χ2n) is 5.73. The minimum atomic E-state index is -0.408. The van der Waals surface area contributed by atoms with E-state index >= 15 is 0 Å². The molecule has 5 heteroatoms. The molecule has 0 fully saturated rings. The zero-order chi connectivity index (χ0) is 17.6. The highest BCUT2D eigenvalue weighted by atomic mass is 32.1. The Hall–Kier alpha value is -2.66. The van der Waals surface area contributed by atoms with Crippen LogP contribution in [0.3, 0.4) is 0 Å². The molecular weight excluding hydrogens is 334 g/mol. The molecule has 0 bridgehead atoms. The summed E-state index contributed by atoms with van der Waals surface area (Å²) in [5.74, 6) is 0.289. The number of esters is 1.